The molecule has 8 heteroatoms. The van der Waals surface area contributed by atoms with Crippen LogP contribution in [0.2, 0.25) is 5.02 Å². The number of fused-ring (bicyclic) bond motifs is 1. The summed E-state index contributed by atoms with van der Waals surface area (Å²) < 4.78 is 12.5. The van der Waals surface area contributed by atoms with Crippen LogP contribution in [0.3, 0.4) is 0 Å². The van der Waals surface area contributed by atoms with Crippen molar-refractivity contribution >= 4 is 29.3 Å². The molecule has 0 radical (unpaired) electrons. The molecule has 0 bridgehead atoms. The molecular formula is C25H24ClN3O4. The minimum atomic E-state index is -0.820. The van der Waals surface area contributed by atoms with Gasteiger partial charge >= 0.3 is 11.7 Å². The summed E-state index contributed by atoms with van der Waals surface area (Å²) >= 11 is 6.48. The topological polar surface area (TPSA) is 77.0 Å². The first-order valence-corrected chi connectivity index (χ1v) is 10.9. The summed E-state index contributed by atoms with van der Waals surface area (Å²) in [5.41, 5.74) is 2.89. The first-order chi connectivity index (χ1) is 15.8. The van der Waals surface area contributed by atoms with Gasteiger partial charge in [0.2, 0.25) is 0 Å². The Morgan fingerprint density at radius 1 is 1.21 bits per heavy atom. The lowest BCUT2D eigenvalue weighted by molar-refractivity contribution is -0.139. The van der Waals surface area contributed by atoms with Crippen molar-refractivity contribution in [3.8, 4) is 0 Å². The Labute approximate surface area is 195 Å². The number of oxazole rings is 1. The van der Waals surface area contributed by atoms with Crippen molar-refractivity contribution in [3.63, 3.8) is 0 Å². The van der Waals surface area contributed by atoms with Crippen LogP contribution in [0, 0.1) is 0 Å². The molecule has 4 rings (SSSR count). The van der Waals surface area contributed by atoms with Crippen LogP contribution in [-0.2, 0) is 9.53 Å². The molecule has 1 aromatic heterocycles. The van der Waals surface area contributed by atoms with Crippen LogP contribution in [0.5, 0.6) is 0 Å². The van der Waals surface area contributed by atoms with Gasteiger partial charge < -0.3 is 14.1 Å². The third-order valence-electron chi connectivity index (χ3n) is 5.42. The summed E-state index contributed by atoms with van der Waals surface area (Å²) in [5, 5.41) is 0.419. The number of carbonyl (C=O) groups is 1. The van der Waals surface area contributed by atoms with Gasteiger partial charge in [0.25, 0.3) is 5.56 Å². The Balaban J connectivity index is 1.92. The number of aromatic nitrogens is 1. The number of benzene rings is 2. The molecule has 170 valence electrons. The van der Waals surface area contributed by atoms with Crippen molar-refractivity contribution in [1.29, 1.82) is 0 Å². The van der Waals surface area contributed by atoms with Crippen LogP contribution in [0.15, 0.2) is 74.0 Å². The maximum absolute atomic E-state index is 13.5. The van der Waals surface area contributed by atoms with E-state index in [0.717, 1.165) is 11.3 Å². The van der Waals surface area contributed by atoms with Crippen LogP contribution in [0.4, 0.5) is 5.69 Å². The fourth-order valence-corrected chi connectivity index (χ4v) is 4.04. The molecule has 0 spiro atoms. The second kappa shape index (κ2) is 9.11. The van der Waals surface area contributed by atoms with Crippen LogP contribution in [0.1, 0.15) is 31.0 Å². The van der Waals surface area contributed by atoms with Crippen molar-refractivity contribution in [1.82, 2.24) is 4.57 Å². The van der Waals surface area contributed by atoms with Gasteiger partial charge in [0.1, 0.15) is 6.04 Å². The van der Waals surface area contributed by atoms with E-state index < -0.39 is 17.6 Å². The normalized spacial score (nSPS) is 15.8. The maximum Gasteiger partial charge on any atom is 0.338 e. The molecule has 2 aromatic carbocycles. The van der Waals surface area contributed by atoms with Crippen LogP contribution < -0.4 is 21.6 Å². The number of anilines is 1. The maximum atomic E-state index is 13.5. The second-order valence-electron chi connectivity index (χ2n) is 7.81. The first-order valence-electron chi connectivity index (χ1n) is 10.5. The summed E-state index contributed by atoms with van der Waals surface area (Å²) in [5.74, 6) is -0.549. The van der Waals surface area contributed by atoms with Crippen LogP contribution in [0.25, 0.3) is 6.08 Å². The van der Waals surface area contributed by atoms with Gasteiger partial charge in [0, 0.05) is 24.8 Å². The van der Waals surface area contributed by atoms with Crippen LogP contribution in [-0.4, -0.2) is 31.2 Å². The Bertz CT molecular complexity index is 1420. The van der Waals surface area contributed by atoms with Gasteiger partial charge in [-0.2, -0.15) is 0 Å². The fraction of sp³-hybridized carbons (Fsp3) is 0.240. The van der Waals surface area contributed by atoms with Gasteiger partial charge in [-0.05, 0) is 49.2 Å². The number of hydrogen-bond acceptors (Lipinski definition) is 6. The summed E-state index contributed by atoms with van der Waals surface area (Å²) in [6.07, 6.45) is 1.66. The van der Waals surface area contributed by atoms with Gasteiger partial charge in [-0.15, -0.1) is 0 Å². The predicted molar refractivity (Wildman–Crippen MR) is 127 cm³/mol. The summed E-state index contributed by atoms with van der Waals surface area (Å²) in [6, 6.07) is 14.0. The highest BCUT2D eigenvalue weighted by atomic mass is 35.5. The molecule has 2 heterocycles. The van der Waals surface area contributed by atoms with E-state index in [1.54, 1.807) is 44.2 Å². The Morgan fingerprint density at radius 2 is 1.91 bits per heavy atom. The van der Waals surface area contributed by atoms with Gasteiger partial charge in [-0.25, -0.2) is 14.4 Å². The van der Waals surface area contributed by atoms with E-state index in [9.17, 15) is 9.59 Å². The molecule has 0 N–H and O–H groups in total. The average Bonchev–Trinajstić information content (AvgIpc) is 3.08. The van der Waals surface area contributed by atoms with Crippen molar-refractivity contribution in [3.05, 3.63) is 97.4 Å². The van der Waals surface area contributed by atoms with Crippen molar-refractivity contribution in [2.45, 2.75) is 19.9 Å². The molecule has 7 nitrogen and oxygen atoms in total. The number of esters is 1. The summed E-state index contributed by atoms with van der Waals surface area (Å²) in [7, 11) is 3.91. The predicted octanol–water partition coefficient (Wildman–Crippen LogP) is 3.05. The molecule has 0 saturated carbocycles. The molecule has 1 unspecified atom stereocenters. The molecule has 3 aromatic rings. The number of rotatable bonds is 5. The molecule has 33 heavy (non-hydrogen) atoms. The van der Waals surface area contributed by atoms with Crippen molar-refractivity contribution < 1.29 is 13.9 Å². The molecule has 1 atom stereocenters. The summed E-state index contributed by atoms with van der Waals surface area (Å²) in [6.45, 7) is 3.61. The molecule has 0 fully saturated rings. The zero-order valence-electron chi connectivity index (χ0n) is 18.8. The number of hydrogen-bond donors (Lipinski definition) is 0. The molecule has 1 aliphatic heterocycles. The largest absolute Gasteiger partial charge is 0.463 e. The van der Waals surface area contributed by atoms with Gasteiger partial charge in [0.05, 0.1) is 17.9 Å². The van der Waals surface area contributed by atoms with E-state index in [2.05, 4.69) is 4.99 Å². The van der Waals surface area contributed by atoms with Crippen LogP contribution >= 0.6 is 11.6 Å². The number of ether oxygens (including phenoxy) is 1. The lowest BCUT2D eigenvalue weighted by atomic mass is 9.96. The number of allylic oxidation sites excluding steroid dienone is 1. The van der Waals surface area contributed by atoms with E-state index >= 15 is 0 Å². The fourth-order valence-electron chi connectivity index (χ4n) is 3.80. The molecule has 0 saturated heterocycles. The number of carbonyl (C=O) groups excluding carboxylic acids is 1. The van der Waals surface area contributed by atoms with Crippen molar-refractivity contribution in [2.75, 3.05) is 25.6 Å². The third kappa shape index (κ3) is 4.24. The monoisotopic (exact) mass is 465 g/mol. The zero-order chi connectivity index (χ0) is 23.7. The highest BCUT2D eigenvalue weighted by Crippen LogP contribution is 2.34. The quantitative estimate of drug-likeness (QED) is 0.541. The van der Waals surface area contributed by atoms with Gasteiger partial charge in [0.15, 0.2) is 5.42 Å². The zero-order valence-corrected chi connectivity index (χ0v) is 19.6. The smallest absolute Gasteiger partial charge is 0.338 e. The number of nitrogens with zero attached hydrogens (tertiary/aromatic N) is 3. The van der Waals surface area contributed by atoms with Gasteiger partial charge in [-0.1, -0.05) is 41.9 Å². The Morgan fingerprint density at radius 3 is 2.55 bits per heavy atom. The van der Waals surface area contributed by atoms with E-state index in [1.165, 1.54) is 4.57 Å². The lowest BCUT2D eigenvalue weighted by Crippen LogP contribution is -2.40. The molecule has 0 amide bonds. The third-order valence-corrected chi connectivity index (χ3v) is 5.77. The van der Waals surface area contributed by atoms with E-state index in [-0.39, 0.29) is 23.3 Å². The number of halogens is 1. The minimum Gasteiger partial charge on any atom is -0.463 e. The Hall–Kier alpha value is -3.58. The minimum absolute atomic E-state index is 0.103. The standard InChI is InChI=1S/C25H24ClN3O4/c1-5-32-24(31)21-15(2)27-25-29(22(21)18-8-6-7-9-19(18)26)23(30)20(33-25)14-16-10-12-17(13-11-16)28(3)4/h6-14,22H,5H2,1-4H3. The molecule has 1 aliphatic rings. The highest BCUT2D eigenvalue weighted by Gasteiger charge is 2.35. The van der Waals surface area contributed by atoms with E-state index in [4.69, 9.17) is 20.8 Å². The first kappa shape index (κ1) is 22.6. The molecular weight excluding hydrogens is 442 g/mol. The van der Waals surface area contributed by atoms with E-state index in [0.29, 0.717) is 16.3 Å². The average molecular weight is 466 g/mol. The SMILES string of the molecule is CCOC(=O)C1=C(C)N=c2oc(=Cc3ccc(N(C)C)cc3)c(=O)n2C1c1ccccc1Cl. The molecule has 0 aliphatic carbocycles. The second-order valence-corrected chi connectivity index (χ2v) is 8.22. The Kier molecular flexibility index (Phi) is 6.24. The lowest BCUT2D eigenvalue weighted by Gasteiger charge is -2.24. The van der Waals surface area contributed by atoms with E-state index in [1.807, 2.05) is 43.3 Å². The highest BCUT2D eigenvalue weighted by molar-refractivity contribution is 6.31. The summed E-state index contributed by atoms with van der Waals surface area (Å²) in [4.78, 5) is 32.7. The van der Waals surface area contributed by atoms with Gasteiger partial charge in [-0.3, -0.25) is 4.79 Å². The van der Waals surface area contributed by atoms with Crippen molar-refractivity contribution in [2.24, 2.45) is 4.99 Å².